The Morgan fingerprint density at radius 2 is 2.12 bits per heavy atom. The van der Waals surface area contributed by atoms with Crippen LogP contribution in [-0.4, -0.2) is 28.7 Å². The first-order valence-electron chi connectivity index (χ1n) is 10.2. The molecule has 8 nitrogen and oxygen atoms in total. The van der Waals surface area contributed by atoms with E-state index in [1.54, 1.807) is 31.4 Å². The summed E-state index contributed by atoms with van der Waals surface area (Å²) in [5.74, 6) is 0.433. The molecule has 10 heteroatoms. The van der Waals surface area contributed by atoms with Crippen LogP contribution < -0.4 is 21.3 Å². The average molecular weight is 473 g/mol. The molecule has 0 bridgehead atoms. The number of methoxy groups -OCH3 is 1. The number of aryl methyl sites for hydroxylation is 1. The Morgan fingerprint density at radius 3 is 2.88 bits per heavy atom. The van der Waals surface area contributed by atoms with Gasteiger partial charge in [0.1, 0.15) is 10.4 Å². The summed E-state index contributed by atoms with van der Waals surface area (Å²) in [5.41, 5.74) is 0.224. The number of amides is 1. The number of thiophene rings is 1. The van der Waals surface area contributed by atoms with Crippen molar-refractivity contribution in [3.05, 3.63) is 50.1 Å². The van der Waals surface area contributed by atoms with Crippen LogP contribution in [0.4, 0.5) is 0 Å². The standard InChI is InChI=1S/C22H21ClN4O4S/c1-31-14-5-6-16(23)15(11-14)18-12-17-20(32-18)21(29)27(22(30)26(17)9-3-7-24)13-4-2-8-25-19(28)10-13/h5-6,11-13H,2-4,8-10H2,1H3,(H,25,28)/t13-/m1/s1. The number of nitrogens with zero attached hydrogens (tertiary/aromatic N) is 3. The number of hydrogen-bond donors (Lipinski definition) is 1. The van der Waals surface area contributed by atoms with Gasteiger partial charge in [-0.3, -0.25) is 18.7 Å². The lowest BCUT2D eigenvalue weighted by molar-refractivity contribution is -0.121. The number of carbonyl (C=O) groups excluding carboxylic acids is 1. The van der Waals surface area contributed by atoms with Crippen LogP contribution in [0.2, 0.25) is 5.02 Å². The Kier molecular flexibility index (Phi) is 6.35. The normalized spacial score (nSPS) is 16.4. The number of carbonyl (C=O) groups is 1. The van der Waals surface area contributed by atoms with Gasteiger partial charge in [0.15, 0.2) is 0 Å². The van der Waals surface area contributed by atoms with Gasteiger partial charge in [0.2, 0.25) is 5.91 Å². The minimum Gasteiger partial charge on any atom is -0.497 e. The minimum atomic E-state index is -0.527. The first kappa shape index (κ1) is 22.1. The molecule has 32 heavy (non-hydrogen) atoms. The van der Waals surface area contributed by atoms with E-state index in [2.05, 4.69) is 11.4 Å². The van der Waals surface area contributed by atoms with Gasteiger partial charge in [-0.05, 0) is 37.1 Å². The van der Waals surface area contributed by atoms with E-state index in [0.29, 0.717) is 50.8 Å². The molecule has 0 unspecified atom stereocenters. The van der Waals surface area contributed by atoms with E-state index in [4.69, 9.17) is 21.6 Å². The van der Waals surface area contributed by atoms with E-state index in [-0.39, 0.29) is 25.3 Å². The number of aromatic nitrogens is 2. The number of nitrogens with one attached hydrogen (secondary N) is 1. The second-order valence-electron chi connectivity index (χ2n) is 7.54. The number of halogens is 1. The fourth-order valence-electron chi connectivity index (χ4n) is 3.99. The maximum absolute atomic E-state index is 13.5. The van der Waals surface area contributed by atoms with Crippen LogP contribution in [0.25, 0.3) is 20.7 Å². The molecule has 0 spiro atoms. The highest BCUT2D eigenvalue weighted by Crippen LogP contribution is 2.38. The van der Waals surface area contributed by atoms with Crippen molar-refractivity contribution in [2.75, 3.05) is 13.7 Å². The zero-order valence-electron chi connectivity index (χ0n) is 17.4. The van der Waals surface area contributed by atoms with E-state index in [1.807, 2.05) is 0 Å². The lowest BCUT2D eigenvalue weighted by atomic mass is 10.1. The molecule has 1 atom stereocenters. The van der Waals surface area contributed by atoms with Crippen LogP contribution in [-0.2, 0) is 11.3 Å². The van der Waals surface area contributed by atoms with Crippen molar-refractivity contribution in [3.8, 4) is 22.3 Å². The van der Waals surface area contributed by atoms with E-state index in [9.17, 15) is 14.4 Å². The number of nitriles is 1. The van der Waals surface area contributed by atoms with Crippen molar-refractivity contribution in [1.82, 2.24) is 14.5 Å². The van der Waals surface area contributed by atoms with Crippen LogP contribution in [0, 0.1) is 11.3 Å². The summed E-state index contributed by atoms with van der Waals surface area (Å²) in [6.45, 7) is 0.666. The Labute approximate surface area is 192 Å². The van der Waals surface area contributed by atoms with Gasteiger partial charge in [-0.1, -0.05) is 11.6 Å². The average Bonchev–Trinajstić information content (AvgIpc) is 3.11. The van der Waals surface area contributed by atoms with Gasteiger partial charge in [-0.2, -0.15) is 5.26 Å². The molecule has 1 aromatic carbocycles. The molecule has 1 fully saturated rings. The van der Waals surface area contributed by atoms with Crippen LogP contribution in [0.1, 0.15) is 31.7 Å². The molecule has 166 valence electrons. The number of rotatable bonds is 5. The maximum atomic E-state index is 13.5. The molecule has 3 aromatic rings. The highest BCUT2D eigenvalue weighted by molar-refractivity contribution is 7.22. The summed E-state index contributed by atoms with van der Waals surface area (Å²) >= 11 is 7.64. The van der Waals surface area contributed by atoms with E-state index < -0.39 is 17.3 Å². The SMILES string of the molecule is COc1ccc(Cl)c(-c2cc3c(s2)c(=O)n([C@@H]2CCCNC(=O)C2)c(=O)n3CCC#N)c1. The topological polar surface area (TPSA) is 106 Å². The number of hydrogen-bond acceptors (Lipinski definition) is 6. The molecular formula is C22H21ClN4O4S. The van der Waals surface area contributed by atoms with Gasteiger partial charge < -0.3 is 10.1 Å². The van der Waals surface area contributed by atoms with E-state index in [0.717, 1.165) is 0 Å². The third-order valence-corrected chi connectivity index (χ3v) is 7.04. The summed E-state index contributed by atoms with van der Waals surface area (Å²) in [7, 11) is 1.55. The van der Waals surface area contributed by atoms with Gasteiger partial charge in [0, 0.05) is 35.0 Å². The molecular weight excluding hydrogens is 452 g/mol. The Hall–Kier alpha value is -3.09. The van der Waals surface area contributed by atoms with Crippen molar-refractivity contribution in [2.24, 2.45) is 0 Å². The largest absolute Gasteiger partial charge is 0.497 e. The highest BCUT2D eigenvalue weighted by Gasteiger charge is 2.26. The van der Waals surface area contributed by atoms with Crippen molar-refractivity contribution >= 4 is 39.1 Å². The molecule has 1 saturated heterocycles. The summed E-state index contributed by atoms with van der Waals surface area (Å²) in [6.07, 6.45) is 1.40. The Bertz CT molecular complexity index is 1350. The quantitative estimate of drug-likeness (QED) is 0.613. The molecule has 2 aromatic heterocycles. The lowest BCUT2D eigenvalue weighted by Crippen LogP contribution is -2.42. The van der Waals surface area contributed by atoms with Crippen molar-refractivity contribution in [2.45, 2.75) is 38.3 Å². The van der Waals surface area contributed by atoms with Gasteiger partial charge >= 0.3 is 5.69 Å². The molecule has 0 aliphatic carbocycles. The fourth-order valence-corrected chi connectivity index (χ4v) is 5.40. The monoisotopic (exact) mass is 472 g/mol. The van der Waals surface area contributed by atoms with Crippen LogP contribution >= 0.6 is 22.9 Å². The van der Waals surface area contributed by atoms with Gasteiger partial charge in [-0.25, -0.2) is 4.79 Å². The molecule has 1 aliphatic heterocycles. The number of benzene rings is 1. The predicted octanol–water partition coefficient (Wildman–Crippen LogP) is 3.31. The summed E-state index contributed by atoms with van der Waals surface area (Å²) in [6, 6.07) is 8.52. The molecule has 0 saturated carbocycles. The van der Waals surface area contributed by atoms with Crippen molar-refractivity contribution < 1.29 is 9.53 Å². The molecule has 1 amide bonds. The maximum Gasteiger partial charge on any atom is 0.331 e. The van der Waals surface area contributed by atoms with Crippen molar-refractivity contribution in [3.63, 3.8) is 0 Å². The lowest BCUT2D eigenvalue weighted by Gasteiger charge is -2.18. The fraction of sp³-hybridized carbons (Fsp3) is 0.364. The predicted molar refractivity (Wildman–Crippen MR) is 123 cm³/mol. The minimum absolute atomic E-state index is 0.0683. The molecule has 1 N–H and O–H groups in total. The highest BCUT2D eigenvalue weighted by atomic mass is 35.5. The molecule has 1 aliphatic rings. The third-order valence-electron chi connectivity index (χ3n) is 5.56. The zero-order chi connectivity index (χ0) is 22.8. The molecule has 0 radical (unpaired) electrons. The van der Waals surface area contributed by atoms with Gasteiger partial charge in [0.05, 0.1) is 31.2 Å². The Morgan fingerprint density at radius 1 is 1.31 bits per heavy atom. The first-order chi connectivity index (χ1) is 15.4. The third kappa shape index (κ3) is 4.04. The van der Waals surface area contributed by atoms with Gasteiger partial charge in [0.25, 0.3) is 5.56 Å². The summed E-state index contributed by atoms with van der Waals surface area (Å²) < 4.78 is 8.33. The summed E-state index contributed by atoms with van der Waals surface area (Å²) in [5, 5.41) is 12.4. The van der Waals surface area contributed by atoms with E-state index in [1.165, 1.54) is 20.5 Å². The second-order valence-corrected chi connectivity index (χ2v) is 9.00. The van der Waals surface area contributed by atoms with Crippen molar-refractivity contribution in [1.29, 1.82) is 5.26 Å². The van der Waals surface area contributed by atoms with Gasteiger partial charge in [-0.15, -0.1) is 11.3 Å². The van der Waals surface area contributed by atoms with E-state index >= 15 is 0 Å². The van der Waals surface area contributed by atoms with Crippen LogP contribution in [0.5, 0.6) is 5.75 Å². The number of fused-ring (bicyclic) bond motifs is 1. The molecule has 3 heterocycles. The zero-order valence-corrected chi connectivity index (χ0v) is 19.0. The smallest absolute Gasteiger partial charge is 0.331 e. The van der Waals surface area contributed by atoms with Crippen LogP contribution in [0.3, 0.4) is 0 Å². The Balaban J connectivity index is 1.96. The summed E-state index contributed by atoms with van der Waals surface area (Å²) in [4.78, 5) is 39.6. The van der Waals surface area contributed by atoms with Crippen LogP contribution in [0.15, 0.2) is 33.9 Å². The number of ether oxygens (including phenoxy) is 1. The second kappa shape index (κ2) is 9.18. The molecule has 4 rings (SSSR count). The first-order valence-corrected chi connectivity index (χ1v) is 11.4.